The number of methoxy groups -OCH3 is 1. The fourth-order valence-electron chi connectivity index (χ4n) is 7.34. The molecule has 4 aromatic rings. The molecule has 47 heavy (non-hydrogen) atoms. The molecule has 3 heterocycles. The summed E-state index contributed by atoms with van der Waals surface area (Å²) in [5.74, 6) is -0.699. The summed E-state index contributed by atoms with van der Waals surface area (Å²) in [6, 6.07) is 21.7. The molecule has 2 amide bonds. The quantitative estimate of drug-likeness (QED) is 0.171. The van der Waals surface area contributed by atoms with E-state index in [2.05, 4.69) is 15.6 Å². The van der Waals surface area contributed by atoms with Crippen LogP contribution in [0.25, 0.3) is 0 Å². The molecule has 3 aromatic carbocycles. The second-order valence-electron chi connectivity index (χ2n) is 12.9. The van der Waals surface area contributed by atoms with Gasteiger partial charge >= 0.3 is 0 Å². The first-order valence-electron chi connectivity index (χ1n) is 15.8. The van der Waals surface area contributed by atoms with Gasteiger partial charge in [0.05, 0.1) is 37.1 Å². The number of aliphatic hydroxyl groups is 1. The second-order valence-corrected chi connectivity index (χ2v) is 16.7. The van der Waals surface area contributed by atoms with Gasteiger partial charge in [-0.25, -0.2) is 0 Å². The summed E-state index contributed by atoms with van der Waals surface area (Å²) in [5, 5.41) is 21.6. The molecule has 2 N–H and O–H groups in total. The number of halogens is 1. The van der Waals surface area contributed by atoms with Gasteiger partial charge in [-0.2, -0.15) is 0 Å². The van der Waals surface area contributed by atoms with E-state index in [0.717, 1.165) is 5.56 Å². The third kappa shape index (κ3) is 5.85. The summed E-state index contributed by atoms with van der Waals surface area (Å²) < 4.78 is 29.9. The van der Waals surface area contributed by atoms with Gasteiger partial charge in [0.1, 0.15) is 5.75 Å². The van der Waals surface area contributed by atoms with E-state index in [-0.39, 0.29) is 24.3 Å². The number of benzene rings is 3. The summed E-state index contributed by atoms with van der Waals surface area (Å²) in [6.07, 6.45) is 1.65. The first-order chi connectivity index (χ1) is 22.5. The molecule has 5 atom stereocenters. The van der Waals surface area contributed by atoms with Crippen LogP contribution in [0.3, 0.4) is 0 Å². The fraction of sp³-hybridized carbons (Fsp3) is 0.371. The third-order valence-electron chi connectivity index (χ3n) is 9.64. The van der Waals surface area contributed by atoms with Crippen LogP contribution in [0.2, 0.25) is 18.6 Å². The number of hydrogen-bond donors (Lipinski definition) is 2. The Labute approximate surface area is 274 Å². The zero-order valence-electron chi connectivity index (χ0n) is 27.2. The lowest BCUT2D eigenvalue weighted by molar-refractivity contribution is -0.145. The molecule has 0 radical (unpaired) electrons. The highest BCUT2D eigenvalue weighted by Crippen LogP contribution is 2.60. The molecule has 6 rings (SSSR count). The minimum atomic E-state index is -3.36. The number of fused-ring (bicyclic) bond motifs is 2. The lowest BCUT2D eigenvalue weighted by atomic mass is 9.82. The zero-order chi connectivity index (χ0) is 33.5. The number of rotatable bonds is 10. The van der Waals surface area contributed by atoms with Gasteiger partial charge in [-0.3, -0.25) is 14.3 Å². The van der Waals surface area contributed by atoms with E-state index in [1.807, 2.05) is 37.3 Å². The third-order valence-corrected chi connectivity index (χ3v) is 12.1. The van der Waals surface area contributed by atoms with Gasteiger partial charge in [0.25, 0.3) is 11.8 Å². The number of amides is 2. The Balaban J connectivity index is 1.26. The van der Waals surface area contributed by atoms with Gasteiger partial charge in [-0.15, -0.1) is 5.10 Å². The number of anilines is 2. The summed E-state index contributed by atoms with van der Waals surface area (Å²) >= 11 is 0. The topological polar surface area (TPSA) is 119 Å². The monoisotopic (exact) mass is 657 g/mol. The summed E-state index contributed by atoms with van der Waals surface area (Å²) in [6.45, 7) is 5.51. The normalized spacial score (nSPS) is 22.8. The first-order valence-corrected chi connectivity index (χ1v) is 18.7. The predicted octanol–water partition coefficient (Wildman–Crippen LogP) is 5.50. The van der Waals surface area contributed by atoms with E-state index in [9.17, 15) is 14.7 Å². The highest BCUT2D eigenvalue weighted by atomic mass is 28.4. The van der Waals surface area contributed by atoms with Gasteiger partial charge in [0.15, 0.2) is 5.60 Å². The first kappa shape index (κ1) is 32.5. The summed E-state index contributed by atoms with van der Waals surface area (Å²) in [7, 11) is -0.104. The summed E-state index contributed by atoms with van der Waals surface area (Å²) in [5.41, 5.74) is 1.93. The number of nitrogens with one attached hydrogen (secondary N) is 1. The maximum atomic E-state index is 16.2. The molecule has 12 heteroatoms. The Morgan fingerprint density at radius 3 is 2.53 bits per heavy atom. The van der Waals surface area contributed by atoms with Crippen molar-refractivity contribution in [1.29, 1.82) is 0 Å². The average Bonchev–Trinajstić information content (AvgIpc) is 3.71. The van der Waals surface area contributed by atoms with Crippen LogP contribution in [0.1, 0.15) is 46.4 Å². The van der Waals surface area contributed by atoms with Crippen molar-refractivity contribution in [2.45, 2.75) is 56.1 Å². The molecular weight excluding hydrogens is 617 g/mol. The maximum absolute atomic E-state index is 16.2. The molecule has 2 aliphatic rings. The molecule has 1 fully saturated rings. The van der Waals surface area contributed by atoms with Crippen LogP contribution in [-0.2, 0) is 21.7 Å². The van der Waals surface area contributed by atoms with Crippen molar-refractivity contribution in [2.75, 3.05) is 31.0 Å². The predicted molar refractivity (Wildman–Crippen MR) is 179 cm³/mol. The number of ether oxygens (including phenoxy) is 2. The minimum Gasteiger partial charge on any atom is -0.497 e. The number of aliphatic hydroxyl groups excluding tert-OH is 1. The van der Waals surface area contributed by atoms with E-state index in [4.69, 9.17) is 9.47 Å². The van der Waals surface area contributed by atoms with Gasteiger partial charge in [0.2, 0.25) is 8.41 Å². The Morgan fingerprint density at radius 1 is 1.15 bits per heavy atom. The molecular formula is C35H40FN5O5Si. The Bertz CT molecular complexity index is 1760. The molecule has 246 valence electrons. The number of aryl methyl sites for hydroxylation is 1. The fourth-order valence-corrected chi connectivity index (χ4v) is 9.89. The van der Waals surface area contributed by atoms with Crippen LogP contribution in [0.5, 0.6) is 5.75 Å². The molecule has 10 nitrogen and oxygen atoms in total. The van der Waals surface area contributed by atoms with Crippen molar-refractivity contribution >= 4 is 31.6 Å². The van der Waals surface area contributed by atoms with Crippen LogP contribution in [-0.4, -0.2) is 67.2 Å². The smallest absolute Gasteiger partial charge is 0.264 e. The largest absolute Gasteiger partial charge is 0.497 e. The average molecular weight is 658 g/mol. The number of carbonyl (C=O) groups is 2. The van der Waals surface area contributed by atoms with Crippen molar-refractivity contribution in [3.05, 3.63) is 101 Å². The maximum Gasteiger partial charge on any atom is 0.264 e. The van der Waals surface area contributed by atoms with Crippen molar-refractivity contribution in [3.63, 3.8) is 0 Å². The standard InChI is InChI=1S/C35H40FN5O5Si/c1-22-32(47(4,5)36)31(17-18-41-20-29(38-39-41)27(21-42)23-9-7-6-8-10-23)46-35(22)28-19-25(13-16-30(28)40(2)34(35)44)37-33(43)24-11-14-26(45-3)15-12-24/h6-16,19-20,22,27,31-32,42H,17-18,21H2,1-5H3,(H,37,43)/t22-,27?,31+,32-,35+/m0/s1. The Kier molecular flexibility index (Phi) is 8.77. The van der Waals surface area contributed by atoms with Crippen molar-refractivity contribution in [1.82, 2.24) is 15.0 Å². The minimum absolute atomic E-state index is 0.115. The highest BCUT2D eigenvalue weighted by Gasteiger charge is 2.66. The SMILES string of the molecule is COc1ccc(C(=O)Nc2ccc3c(c2)[C@@]2(O[C@H](CCn4cc(C(CO)c5ccccc5)nn4)[C@@H]([Si](C)(C)F)[C@@H]2C)C(=O)N3C)cc1. The molecule has 0 aliphatic carbocycles. The number of nitrogens with zero attached hydrogens (tertiary/aromatic N) is 4. The molecule has 0 saturated carbocycles. The van der Waals surface area contributed by atoms with Crippen LogP contribution < -0.4 is 15.0 Å². The van der Waals surface area contributed by atoms with Gasteiger partial charge < -0.3 is 28.9 Å². The van der Waals surface area contributed by atoms with E-state index in [1.165, 1.54) is 0 Å². The van der Waals surface area contributed by atoms with Crippen LogP contribution in [0.15, 0.2) is 79.0 Å². The summed E-state index contributed by atoms with van der Waals surface area (Å²) in [4.78, 5) is 28.7. The van der Waals surface area contributed by atoms with E-state index < -0.39 is 31.6 Å². The number of hydrogen-bond acceptors (Lipinski definition) is 7. The molecule has 1 spiro atoms. The van der Waals surface area contributed by atoms with E-state index in [0.29, 0.717) is 46.9 Å². The molecule has 0 bridgehead atoms. The van der Waals surface area contributed by atoms with Crippen molar-refractivity contribution in [3.8, 4) is 5.75 Å². The molecule has 2 aliphatic heterocycles. The number of aromatic nitrogens is 3. The second kappa shape index (κ2) is 12.7. The molecule has 1 unspecified atom stereocenters. The molecule has 1 aromatic heterocycles. The van der Waals surface area contributed by atoms with Gasteiger partial charge in [-0.05, 0) is 67.5 Å². The van der Waals surface area contributed by atoms with Gasteiger partial charge in [-0.1, -0.05) is 42.5 Å². The van der Waals surface area contributed by atoms with Crippen LogP contribution >= 0.6 is 0 Å². The molecule has 1 saturated heterocycles. The van der Waals surface area contributed by atoms with Crippen LogP contribution in [0, 0.1) is 5.92 Å². The Morgan fingerprint density at radius 2 is 1.87 bits per heavy atom. The van der Waals surface area contributed by atoms with E-state index >= 15 is 4.11 Å². The number of carbonyl (C=O) groups excluding carboxylic acids is 2. The zero-order valence-corrected chi connectivity index (χ0v) is 28.2. The van der Waals surface area contributed by atoms with Crippen molar-refractivity contribution < 1.29 is 28.3 Å². The lowest BCUT2D eigenvalue weighted by Gasteiger charge is -2.31. The Hall–Kier alpha value is -4.39. The highest BCUT2D eigenvalue weighted by molar-refractivity contribution is 6.72. The van der Waals surface area contributed by atoms with E-state index in [1.54, 1.807) is 85.5 Å². The van der Waals surface area contributed by atoms with Gasteiger partial charge in [0, 0.05) is 48.1 Å². The number of likely N-dealkylation sites (N-methyl/N-ethyl adjacent to an activating group) is 1. The lowest BCUT2D eigenvalue weighted by Crippen LogP contribution is -2.44. The van der Waals surface area contributed by atoms with Crippen molar-refractivity contribution in [2.24, 2.45) is 5.92 Å². The van der Waals surface area contributed by atoms with Crippen LogP contribution in [0.4, 0.5) is 15.5 Å².